The molecule has 0 fully saturated rings. The predicted molar refractivity (Wildman–Crippen MR) is 121 cm³/mol. The molecule has 0 spiro atoms. The highest BCUT2D eigenvalue weighted by Crippen LogP contribution is 2.59. The Kier molecular flexibility index (Phi) is 6.43. The maximum absolute atomic E-state index is 13.5. The van der Waals surface area contributed by atoms with Gasteiger partial charge in [0.2, 0.25) is 0 Å². The molecule has 0 aromatic heterocycles. The van der Waals surface area contributed by atoms with E-state index in [4.69, 9.17) is 22.5 Å². The minimum absolute atomic E-state index is 0.0863. The van der Waals surface area contributed by atoms with E-state index in [-0.39, 0.29) is 11.8 Å². The molecule has 0 unspecified atom stereocenters. The second-order valence-corrected chi connectivity index (χ2v) is 10.6. The molecule has 172 valence electrons. The highest BCUT2D eigenvalue weighted by molar-refractivity contribution is 8.04. The van der Waals surface area contributed by atoms with Crippen molar-refractivity contribution in [1.29, 1.82) is 0 Å². The van der Waals surface area contributed by atoms with Crippen molar-refractivity contribution >= 4 is 47.1 Å². The van der Waals surface area contributed by atoms with Gasteiger partial charge in [0.05, 0.1) is 17.2 Å². The fraction of sp³-hybridized carbons (Fsp3) is 0.130. The molecule has 10 heteroatoms. The van der Waals surface area contributed by atoms with Crippen LogP contribution >= 0.6 is 29.3 Å². The molecule has 0 N–H and O–H groups in total. The van der Waals surface area contributed by atoms with Crippen LogP contribution in [-0.2, 0) is 12.4 Å². The average molecular weight is 520 g/mol. The zero-order chi connectivity index (χ0) is 24.0. The van der Waals surface area contributed by atoms with E-state index >= 15 is 0 Å². The van der Waals surface area contributed by atoms with Crippen molar-refractivity contribution in [1.82, 2.24) is 0 Å². The van der Waals surface area contributed by atoms with Crippen LogP contribution in [0.2, 0.25) is 0 Å². The van der Waals surface area contributed by atoms with Crippen molar-refractivity contribution in [3.05, 3.63) is 100 Å². The fourth-order valence-corrected chi connectivity index (χ4v) is 5.59. The molecule has 0 amide bonds. The van der Waals surface area contributed by atoms with E-state index in [1.54, 1.807) is 48.5 Å². The van der Waals surface area contributed by atoms with Crippen molar-refractivity contribution in [2.75, 3.05) is 4.67 Å². The van der Waals surface area contributed by atoms with Gasteiger partial charge in [-0.1, -0.05) is 83.2 Å². The quantitative estimate of drug-likeness (QED) is 0.246. The number of anilines is 1. The van der Waals surface area contributed by atoms with E-state index in [1.807, 2.05) is 12.2 Å². The Morgan fingerprint density at radius 1 is 0.667 bits per heavy atom. The summed E-state index contributed by atoms with van der Waals surface area (Å²) in [6.45, 7) is -2.20. The molecule has 0 bridgehead atoms. The van der Waals surface area contributed by atoms with Crippen LogP contribution in [0, 0.1) is 0 Å². The summed E-state index contributed by atoms with van der Waals surface area (Å²) in [5, 5.41) is 0. The monoisotopic (exact) mass is 519 g/mol. The van der Waals surface area contributed by atoms with Crippen LogP contribution in [0.25, 0.3) is 12.2 Å². The molecule has 4 rings (SSSR count). The number of fused-ring (bicyclic) bond motifs is 2. The van der Waals surface area contributed by atoms with Crippen LogP contribution in [-0.4, -0.2) is 0 Å². The Labute approximate surface area is 196 Å². The normalized spacial score (nSPS) is 14.1. The molecule has 0 aliphatic heterocycles. The zero-order valence-electron chi connectivity index (χ0n) is 16.5. The topological polar surface area (TPSA) is 3.24 Å². The third kappa shape index (κ3) is 4.86. The van der Waals surface area contributed by atoms with E-state index in [0.29, 0.717) is 23.3 Å². The first-order valence-electron chi connectivity index (χ1n) is 9.53. The maximum Gasteiger partial charge on any atom is 0.416 e. The molecular formula is C23H14Cl2F6NP. The lowest BCUT2D eigenvalue weighted by Crippen LogP contribution is -2.24. The first-order valence-corrected chi connectivity index (χ1v) is 12.6. The summed E-state index contributed by atoms with van der Waals surface area (Å²) in [7, 11) is 0. The third-order valence-electron chi connectivity index (χ3n) is 5.27. The highest BCUT2D eigenvalue weighted by Gasteiger charge is 2.39. The Bertz CT molecular complexity index is 1120. The number of rotatable bonds is 3. The zero-order valence-corrected chi connectivity index (χ0v) is 18.9. The Morgan fingerprint density at radius 3 is 1.48 bits per heavy atom. The summed E-state index contributed by atoms with van der Waals surface area (Å²) < 4.78 is 82.4. The van der Waals surface area contributed by atoms with Gasteiger partial charge in [0.15, 0.2) is 6.78 Å². The van der Waals surface area contributed by atoms with E-state index in [1.165, 1.54) is 4.67 Å². The lowest BCUT2D eigenvalue weighted by Gasteiger charge is -2.36. The van der Waals surface area contributed by atoms with Gasteiger partial charge < -0.3 is 4.67 Å². The molecule has 1 aliphatic carbocycles. The standard InChI is InChI=1S/C23H14Cl2F6NP/c24-33(25)32(18-12-16(22(26,27)28)11-17(13-18)23(29,30)31)21-19-7-3-1-5-14(19)9-10-15-6-2-4-8-20(15)21/h1-13,21H. The average Bonchev–Trinajstić information content (AvgIpc) is 2.90. The van der Waals surface area contributed by atoms with Gasteiger partial charge in [-0.05, 0) is 40.5 Å². The molecule has 0 heterocycles. The van der Waals surface area contributed by atoms with Crippen LogP contribution in [0.4, 0.5) is 32.0 Å². The van der Waals surface area contributed by atoms with Crippen molar-refractivity contribution in [3.8, 4) is 0 Å². The van der Waals surface area contributed by atoms with Gasteiger partial charge in [-0.25, -0.2) is 0 Å². The minimum Gasteiger partial charge on any atom is -0.314 e. The molecule has 3 aromatic rings. The van der Waals surface area contributed by atoms with Gasteiger partial charge in [0.1, 0.15) is 0 Å². The van der Waals surface area contributed by atoms with E-state index in [2.05, 4.69) is 0 Å². The van der Waals surface area contributed by atoms with Crippen molar-refractivity contribution in [2.45, 2.75) is 18.4 Å². The number of benzene rings is 3. The maximum atomic E-state index is 13.5. The second-order valence-electron chi connectivity index (χ2n) is 7.32. The lowest BCUT2D eigenvalue weighted by atomic mass is 9.93. The Morgan fingerprint density at radius 2 is 1.09 bits per heavy atom. The molecule has 0 saturated heterocycles. The van der Waals surface area contributed by atoms with Crippen LogP contribution in [0.3, 0.4) is 0 Å². The summed E-state index contributed by atoms with van der Waals surface area (Å²) in [5.41, 5.74) is -0.442. The number of hydrogen-bond acceptors (Lipinski definition) is 1. The van der Waals surface area contributed by atoms with Crippen LogP contribution < -0.4 is 4.67 Å². The van der Waals surface area contributed by atoms with Gasteiger partial charge in [-0.15, -0.1) is 0 Å². The largest absolute Gasteiger partial charge is 0.416 e. The number of nitrogens with zero attached hydrogens (tertiary/aromatic N) is 1. The van der Waals surface area contributed by atoms with Crippen LogP contribution in [0.15, 0.2) is 66.7 Å². The van der Waals surface area contributed by atoms with Crippen LogP contribution in [0.1, 0.15) is 39.4 Å². The minimum atomic E-state index is -5.00. The number of alkyl halides is 6. The van der Waals surface area contributed by atoms with E-state index < -0.39 is 36.3 Å². The van der Waals surface area contributed by atoms with Gasteiger partial charge in [-0.3, -0.25) is 0 Å². The van der Waals surface area contributed by atoms with Gasteiger partial charge in [-0.2, -0.15) is 26.3 Å². The SMILES string of the molecule is FC(F)(F)c1cc(N(C2c3ccccc3C=Cc3ccccc32)P(Cl)Cl)cc(C(F)(F)F)c1. The van der Waals surface area contributed by atoms with Gasteiger partial charge in [0.25, 0.3) is 0 Å². The van der Waals surface area contributed by atoms with Gasteiger partial charge in [0, 0.05) is 5.69 Å². The molecular weight excluding hydrogens is 506 g/mol. The number of hydrogen-bond donors (Lipinski definition) is 0. The highest BCUT2D eigenvalue weighted by atomic mass is 35.9. The van der Waals surface area contributed by atoms with E-state index in [9.17, 15) is 26.3 Å². The summed E-state index contributed by atoms with van der Waals surface area (Å²) >= 11 is 12.6. The smallest absolute Gasteiger partial charge is 0.314 e. The van der Waals surface area contributed by atoms with Gasteiger partial charge >= 0.3 is 12.4 Å². The first kappa shape index (κ1) is 23.9. The summed E-state index contributed by atoms with van der Waals surface area (Å²) in [6.07, 6.45) is -6.32. The van der Waals surface area contributed by atoms with Crippen LogP contribution in [0.5, 0.6) is 0 Å². The van der Waals surface area contributed by atoms with E-state index in [0.717, 1.165) is 11.1 Å². The second kappa shape index (κ2) is 8.86. The first-order chi connectivity index (χ1) is 15.5. The lowest BCUT2D eigenvalue weighted by molar-refractivity contribution is -0.143. The Balaban J connectivity index is 2.00. The van der Waals surface area contributed by atoms with Crippen molar-refractivity contribution in [2.24, 2.45) is 0 Å². The summed E-state index contributed by atoms with van der Waals surface area (Å²) in [4.78, 5) is 0. The molecule has 0 saturated carbocycles. The predicted octanol–water partition coefficient (Wildman–Crippen LogP) is 9.51. The number of halogens is 8. The fourth-order valence-electron chi connectivity index (χ4n) is 3.83. The van der Waals surface area contributed by atoms with Crippen molar-refractivity contribution in [3.63, 3.8) is 0 Å². The molecule has 0 atom stereocenters. The molecule has 33 heavy (non-hydrogen) atoms. The van der Waals surface area contributed by atoms with Crippen molar-refractivity contribution < 1.29 is 26.3 Å². The molecule has 1 aliphatic rings. The molecule has 1 nitrogen and oxygen atoms in total. The third-order valence-corrected chi connectivity index (χ3v) is 7.03. The molecule has 0 radical (unpaired) electrons. The molecule has 3 aromatic carbocycles. The summed E-state index contributed by atoms with van der Waals surface area (Å²) in [5.74, 6) is 0. The Hall–Kier alpha value is -2.21. The summed E-state index contributed by atoms with van der Waals surface area (Å²) in [6, 6.07) is 14.7.